The van der Waals surface area contributed by atoms with Crippen LogP contribution in [0.1, 0.15) is 26.7 Å². The van der Waals surface area contributed by atoms with Crippen LogP contribution >= 0.6 is 0 Å². The predicted molar refractivity (Wildman–Crippen MR) is 67.5 cm³/mol. The standard InChI is InChI=1S/C10H17N7/c1-3-6(4-2)13-8-7-5-12-17-9(7)15-10(14-8)16-11/h5-6H,3-4,11H2,1-2H3,(H3,12,13,14,15,16,17). The molecule has 0 aliphatic carbocycles. The molecule has 0 fully saturated rings. The van der Waals surface area contributed by atoms with Gasteiger partial charge in [0.1, 0.15) is 5.82 Å². The molecule has 7 heteroatoms. The highest BCUT2D eigenvalue weighted by Crippen LogP contribution is 2.21. The Hall–Kier alpha value is -1.89. The van der Waals surface area contributed by atoms with E-state index in [2.05, 4.69) is 44.8 Å². The normalized spacial score (nSPS) is 11.1. The van der Waals surface area contributed by atoms with E-state index in [1.54, 1.807) is 6.20 Å². The molecule has 0 aliphatic heterocycles. The zero-order chi connectivity index (χ0) is 12.3. The van der Waals surface area contributed by atoms with E-state index in [9.17, 15) is 0 Å². The second kappa shape index (κ2) is 4.96. The van der Waals surface area contributed by atoms with Gasteiger partial charge in [0.2, 0.25) is 5.95 Å². The molecule has 7 nitrogen and oxygen atoms in total. The van der Waals surface area contributed by atoms with Gasteiger partial charge in [-0.15, -0.1) is 0 Å². The Labute approximate surface area is 99.2 Å². The van der Waals surface area contributed by atoms with Gasteiger partial charge in [0, 0.05) is 6.04 Å². The zero-order valence-corrected chi connectivity index (χ0v) is 9.99. The van der Waals surface area contributed by atoms with Gasteiger partial charge in [-0.3, -0.25) is 10.5 Å². The first-order valence-corrected chi connectivity index (χ1v) is 5.72. The van der Waals surface area contributed by atoms with Crippen molar-refractivity contribution >= 4 is 22.8 Å². The largest absolute Gasteiger partial charge is 0.367 e. The lowest BCUT2D eigenvalue weighted by Crippen LogP contribution is -2.19. The van der Waals surface area contributed by atoms with Gasteiger partial charge in [0.15, 0.2) is 5.65 Å². The number of fused-ring (bicyclic) bond motifs is 1. The van der Waals surface area contributed by atoms with Crippen LogP contribution in [0.4, 0.5) is 11.8 Å². The number of rotatable bonds is 5. The average Bonchev–Trinajstić information content (AvgIpc) is 2.83. The number of hydrazine groups is 1. The average molecular weight is 235 g/mol. The highest BCUT2D eigenvalue weighted by Gasteiger charge is 2.11. The minimum Gasteiger partial charge on any atom is -0.367 e. The topological polar surface area (TPSA) is 105 Å². The summed E-state index contributed by atoms with van der Waals surface area (Å²) in [6.45, 7) is 4.27. The molecule has 2 aromatic rings. The first kappa shape index (κ1) is 11.6. The summed E-state index contributed by atoms with van der Waals surface area (Å²) in [5.41, 5.74) is 3.12. The zero-order valence-electron chi connectivity index (χ0n) is 9.99. The number of aromatic amines is 1. The van der Waals surface area contributed by atoms with Crippen LogP contribution in [0, 0.1) is 0 Å². The summed E-state index contributed by atoms with van der Waals surface area (Å²) in [7, 11) is 0. The SMILES string of the molecule is CCC(CC)Nc1nc(NN)nc2[nH]ncc12. The van der Waals surface area contributed by atoms with Crippen LogP contribution in [0.15, 0.2) is 6.20 Å². The number of nitrogens with one attached hydrogen (secondary N) is 3. The van der Waals surface area contributed by atoms with Crippen molar-refractivity contribution < 1.29 is 0 Å². The highest BCUT2D eigenvalue weighted by molar-refractivity contribution is 5.87. The van der Waals surface area contributed by atoms with Crippen LogP contribution < -0.4 is 16.6 Å². The van der Waals surface area contributed by atoms with E-state index in [0.29, 0.717) is 17.6 Å². The molecule has 0 aromatic carbocycles. The second-order valence-corrected chi connectivity index (χ2v) is 3.83. The molecule has 0 saturated heterocycles. The van der Waals surface area contributed by atoms with Gasteiger partial charge in [-0.05, 0) is 12.8 Å². The quantitative estimate of drug-likeness (QED) is 0.459. The number of hydrogen-bond acceptors (Lipinski definition) is 6. The molecular weight excluding hydrogens is 218 g/mol. The lowest BCUT2D eigenvalue weighted by Gasteiger charge is -2.16. The molecule has 2 aromatic heterocycles. The van der Waals surface area contributed by atoms with Crippen molar-refractivity contribution in [3.05, 3.63) is 6.20 Å². The van der Waals surface area contributed by atoms with Gasteiger partial charge in [-0.1, -0.05) is 13.8 Å². The molecule has 0 amide bonds. The number of hydrogen-bond donors (Lipinski definition) is 4. The van der Waals surface area contributed by atoms with E-state index in [1.165, 1.54) is 0 Å². The van der Waals surface area contributed by atoms with Gasteiger partial charge in [-0.25, -0.2) is 5.84 Å². The van der Waals surface area contributed by atoms with Gasteiger partial charge in [-0.2, -0.15) is 15.1 Å². The molecular formula is C10H17N7. The molecule has 0 radical (unpaired) electrons. The van der Waals surface area contributed by atoms with E-state index in [1.807, 2.05) is 0 Å². The summed E-state index contributed by atoms with van der Waals surface area (Å²) in [6, 6.07) is 0.383. The molecule has 0 aliphatic rings. The summed E-state index contributed by atoms with van der Waals surface area (Å²) in [4.78, 5) is 8.48. The lowest BCUT2D eigenvalue weighted by molar-refractivity contribution is 0.669. The number of nitrogen functional groups attached to an aromatic ring is 1. The van der Waals surface area contributed by atoms with Crippen molar-refractivity contribution in [1.82, 2.24) is 20.2 Å². The fourth-order valence-corrected chi connectivity index (χ4v) is 1.70. The molecule has 17 heavy (non-hydrogen) atoms. The number of aromatic nitrogens is 4. The Morgan fingerprint density at radius 3 is 2.76 bits per heavy atom. The Bertz CT molecular complexity index is 488. The van der Waals surface area contributed by atoms with Gasteiger partial charge in [0.05, 0.1) is 11.6 Å². The summed E-state index contributed by atoms with van der Waals surface area (Å²) < 4.78 is 0. The number of nitrogens with two attached hydrogens (primary N) is 1. The molecule has 0 unspecified atom stereocenters. The summed E-state index contributed by atoms with van der Waals surface area (Å²) >= 11 is 0. The Morgan fingerprint density at radius 2 is 2.12 bits per heavy atom. The van der Waals surface area contributed by atoms with Gasteiger partial charge in [0.25, 0.3) is 0 Å². The minimum atomic E-state index is 0.371. The predicted octanol–water partition coefficient (Wildman–Crippen LogP) is 1.24. The van der Waals surface area contributed by atoms with Crippen molar-refractivity contribution in [2.24, 2.45) is 5.84 Å². The lowest BCUT2D eigenvalue weighted by atomic mass is 10.2. The van der Waals surface area contributed by atoms with Crippen molar-refractivity contribution in [3.63, 3.8) is 0 Å². The third-order valence-electron chi connectivity index (χ3n) is 2.77. The maximum absolute atomic E-state index is 5.34. The highest BCUT2D eigenvalue weighted by atomic mass is 15.3. The van der Waals surface area contributed by atoms with E-state index in [4.69, 9.17) is 5.84 Å². The fraction of sp³-hybridized carbons (Fsp3) is 0.500. The van der Waals surface area contributed by atoms with E-state index >= 15 is 0 Å². The first-order valence-electron chi connectivity index (χ1n) is 5.72. The van der Waals surface area contributed by atoms with Crippen molar-refractivity contribution in [3.8, 4) is 0 Å². The minimum absolute atomic E-state index is 0.371. The van der Waals surface area contributed by atoms with Crippen LogP contribution in [-0.4, -0.2) is 26.2 Å². The number of anilines is 2. The van der Waals surface area contributed by atoms with Crippen LogP contribution in [0.2, 0.25) is 0 Å². The maximum Gasteiger partial charge on any atom is 0.241 e. The second-order valence-electron chi connectivity index (χ2n) is 3.83. The van der Waals surface area contributed by atoms with E-state index < -0.39 is 0 Å². The van der Waals surface area contributed by atoms with Crippen LogP contribution in [0.25, 0.3) is 11.0 Å². The molecule has 0 atom stereocenters. The van der Waals surface area contributed by atoms with Crippen LogP contribution in [0.5, 0.6) is 0 Å². The van der Waals surface area contributed by atoms with E-state index in [-0.39, 0.29) is 0 Å². The number of nitrogens with zero attached hydrogens (tertiary/aromatic N) is 3. The summed E-state index contributed by atoms with van der Waals surface area (Å²) in [6.07, 6.45) is 3.77. The van der Waals surface area contributed by atoms with Crippen LogP contribution in [-0.2, 0) is 0 Å². The van der Waals surface area contributed by atoms with Gasteiger partial charge >= 0.3 is 0 Å². The Balaban J connectivity index is 2.39. The Kier molecular flexibility index (Phi) is 3.38. The van der Waals surface area contributed by atoms with Crippen molar-refractivity contribution in [1.29, 1.82) is 0 Å². The number of H-pyrrole nitrogens is 1. The summed E-state index contributed by atoms with van der Waals surface area (Å²) in [5, 5.41) is 11.0. The van der Waals surface area contributed by atoms with Crippen molar-refractivity contribution in [2.45, 2.75) is 32.7 Å². The fourth-order valence-electron chi connectivity index (χ4n) is 1.70. The van der Waals surface area contributed by atoms with Crippen molar-refractivity contribution in [2.75, 3.05) is 10.7 Å². The molecule has 0 saturated carbocycles. The molecule has 92 valence electrons. The summed E-state index contributed by atoms with van der Waals surface area (Å²) in [5.74, 6) is 6.46. The molecule has 5 N–H and O–H groups in total. The third-order valence-corrected chi connectivity index (χ3v) is 2.77. The maximum atomic E-state index is 5.34. The Morgan fingerprint density at radius 1 is 1.35 bits per heavy atom. The van der Waals surface area contributed by atoms with E-state index in [0.717, 1.165) is 24.0 Å². The van der Waals surface area contributed by atoms with Crippen LogP contribution in [0.3, 0.4) is 0 Å². The first-order chi connectivity index (χ1) is 8.28. The molecule has 2 rings (SSSR count). The molecule has 0 bridgehead atoms. The smallest absolute Gasteiger partial charge is 0.241 e. The molecule has 0 spiro atoms. The third kappa shape index (κ3) is 2.28. The monoisotopic (exact) mass is 235 g/mol. The molecule has 2 heterocycles. The van der Waals surface area contributed by atoms with Gasteiger partial charge < -0.3 is 5.32 Å².